The van der Waals surface area contributed by atoms with Crippen LogP contribution in [0.4, 0.5) is 0 Å². The van der Waals surface area contributed by atoms with E-state index in [4.69, 9.17) is 4.74 Å². The van der Waals surface area contributed by atoms with Crippen molar-refractivity contribution < 1.29 is 4.74 Å². The van der Waals surface area contributed by atoms with Crippen molar-refractivity contribution in [3.63, 3.8) is 0 Å². The second-order valence-corrected chi connectivity index (χ2v) is 8.12. The lowest BCUT2D eigenvalue weighted by Crippen LogP contribution is -2.48. The summed E-state index contributed by atoms with van der Waals surface area (Å²) in [6.07, 6.45) is 2.54. The molecule has 2 aliphatic rings. The number of guanidine groups is 1. The molecule has 0 saturated carbocycles. The summed E-state index contributed by atoms with van der Waals surface area (Å²) >= 11 is 0. The lowest BCUT2D eigenvalue weighted by Gasteiger charge is -2.36. The number of benzene rings is 1. The Bertz CT molecular complexity index is 642. The molecule has 2 heterocycles. The Morgan fingerprint density at radius 1 is 1.10 bits per heavy atom. The number of likely N-dealkylation sites (N-methyl/N-ethyl adjacent to an activating group) is 1. The van der Waals surface area contributed by atoms with Crippen molar-refractivity contribution in [2.75, 3.05) is 72.6 Å². The van der Waals surface area contributed by atoms with Gasteiger partial charge in [0.1, 0.15) is 6.10 Å². The predicted octanol–water partition coefficient (Wildman–Crippen LogP) is 2.36. The van der Waals surface area contributed by atoms with Gasteiger partial charge in [-0.2, -0.15) is 0 Å². The molecule has 0 aliphatic carbocycles. The summed E-state index contributed by atoms with van der Waals surface area (Å²) in [7, 11) is 1.88. The highest BCUT2D eigenvalue weighted by Gasteiger charge is 2.25. The third kappa shape index (κ3) is 6.43. The number of piperazine rings is 1. The van der Waals surface area contributed by atoms with Gasteiger partial charge < -0.3 is 24.8 Å². The lowest BCUT2D eigenvalue weighted by atomic mass is 10.0. The minimum Gasteiger partial charge on any atom is -0.370 e. The van der Waals surface area contributed by atoms with E-state index in [0.29, 0.717) is 0 Å². The fourth-order valence-corrected chi connectivity index (χ4v) is 4.30. The molecule has 3 rings (SSSR count). The molecule has 1 aromatic carbocycles. The smallest absolute Gasteiger partial charge is 0.193 e. The minimum absolute atomic E-state index is 0.116. The van der Waals surface area contributed by atoms with Crippen molar-refractivity contribution in [1.82, 2.24) is 20.0 Å². The predicted molar refractivity (Wildman–Crippen MR) is 121 cm³/mol. The van der Waals surface area contributed by atoms with E-state index in [-0.39, 0.29) is 6.10 Å². The standard InChI is InChI=1S/C23H39N5O/c1-4-26-13-15-27(16-14-26)12-8-7-11-25-23(24-3)28-17-18-29-22(19-28)21-10-6-5-9-20(21)2/h5-6,9-10,22H,4,7-8,11-19H2,1-3H3,(H,24,25). The summed E-state index contributed by atoms with van der Waals surface area (Å²) in [5.41, 5.74) is 2.58. The Kier molecular flexibility index (Phi) is 8.77. The fraction of sp³-hybridized carbons (Fsp3) is 0.696. The van der Waals surface area contributed by atoms with Crippen LogP contribution in [-0.2, 0) is 4.74 Å². The number of nitrogens with one attached hydrogen (secondary N) is 1. The zero-order valence-electron chi connectivity index (χ0n) is 18.6. The maximum Gasteiger partial charge on any atom is 0.193 e. The third-order valence-corrected chi connectivity index (χ3v) is 6.21. The number of unbranched alkanes of at least 4 members (excludes halogenated alkanes) is 1. The van der Waals surface area contributed by atoms with Gasteiger partial charge in [0.05, 0.1) is 13.2 Å². The molecule has 6 heteroatoms. The average molecular weight is 402 g/mol. The molecule has 0 bridgehead atoms. The van der Waals surface area contributed by atoms with Crippen LogP contribution in [-0.4, -0.2) is 93.2 Å². The largest absolute Gasteiger partial charge is 0.370 e. The number of nitrogens with zero attached hydrogens (tertiary/aromatic N) is 4. The molecular weight excluding hydrogens is 362 g/mol. The van der Waals surface area contributed by atoms with E-state index in [9.17, 15) is 0 Å². The van der Waals surface area contributed by atoms with Crippen LogP contribution in [0, 0.1) is 6.92 Å². The average Bonchev–Trinajstić information content (AvgIpc) is 2.77. The second-order valence-electron chi connectivity index (χ2n) is 8.12. The first-order chi connectivity index (χ1) is 14.2. The van der Waals surface area contributed by atoms with Crippen molar-refractivity contribution in [2.24, 2.45) is 4.99 Å². The number of aryl methyl sites for hydroxylation is 1. The van der Waals surface area contributed by atoms with Crippen molar-refractivity contribution in [3.05, 3.63) is 35.4 Å². The highest BCUT2D eigenvalue weighted by Crippen LogP contribution is 2.24. The molecule has 0 spiro atoms. The molecule has 6 nitrogen and oxygen atoms in total. The summed E-state index contributed by atoms with van der Waals surface area (Å²) in [5.74, 6) is 1.00. The van der Waals surface area contributed by atoms with Gasteiger partial charge in [0, 0.05) is 46.3 Å². The molecule has 0 radical (unpaired) electrons. The summed E-state index contributed by atoms with van der Waals surface area (Å²) in [6.45, 7) is 15.2. The van der Waals surface area contributed by atoms with Crippen LogP contribution in [0.1, 0.15) is 37.0 Å². The van der Waals surface area contributed by atoms with E-state index in [1.807, 2.05) is 7.05 Å². The van der Waals surface area contributed by atoms with E-state index >= 15 is 0 Å². The highest BCUT2D eigenvalue weighted by molar-refractivity contribution is 5.80. The summed E-state index contributed by atoms with van der Waals surface area (Å²) < 4.78 is 6.06. The molecule has 2 fully saturated rings. The maximum atomic E-state index is 6.06. The van der Waals surface area contributed by atoms with Gasteiger partial charge >= 0.3 is 0 Å². The number of rotatable bonds is 7. The Morgan fingerprint density at radius 2 is 1.86 bits per heavy atom. The summed E-state index contributed by atoms with van der Waals surface area (Å²) in [6, 6.07) is 8.52. The highest BCUT2D eigenvalue weighted by atomic mass is 16.5. The number of morpholine rings is 1. The first-order valence-corrected chi connectivity index (χ1v) is 11.3. The van der Waals surface area contributed by atoms with Crippen molar-refractivity contribution in [2.45, 2.75) is 32.8 Å². The number of hydrogen-bond donors (Lipinski definition) is 1. The quantitative estimate of drug-likeness (QED) is 0.432. The maximum absolute atomic E-state index is 6.06. The van der Waals surface area contributed by atoms with Crippen LogP contribution in [0.15, 0.2) is 29.3 Å². The normalized spacial score (nSPS) is 22.1. The van der Waals surface area contributed by atoms with E-state index in [1.54, 1.807) is 0 Å². The monoisotopic (exact) mass is 401 g/mol. The van der Waals surface area contributed by atoms with E-state index in [1.165, 1.54) is 63.2 Å². The second kappa shape index (κ2) is 11.5. The molecule has 1 atom stereocenters. The minimum atomic E-state index is 0.116. The van der Waals surface area contributed by atoms with Crippen molar-refractivity contribution >= 4 is 5.96 Å². The topological polar surface area (TPSA) is 43.3 Å². The van der Waals surface area contributed by atoms with Gasteiger partial charge in [-0.3, -0.25) is 4.99 Å². The zero-order valence-corrected chi connectivity index (χ0v) is 18.6. The molecule has 2 saturated heterocycles. The molecular formula is C23H39N5O. The van der Waals surface area contributed by atoms with Crippen LogP contribution in [0.2, 0.25) is 0 Å². The van der Waals surface area contributed by atoms with Crippen molar-refractivity contribution in [1.29, 1.82) is 0 Å². The Labute approximate surface area is 176 Å². The Balaban J connectivity index is 1.38. The molecule has 1 aromatic rings. The van der Waals surface area contributed by atoms with Crippen molar-refractivity contribution in [3.8, 4) is 0 Å². The van der Waals surface area contributed by atoms with Gasteiger partial charge in [-0.25, -0.2) is 0 Å². The van der Waals surface area contributed by atoms with E-state index < -0.39 is 0 Å². The van der Waals surface area contributed by atoms with E-state index in [2.05, 4.69) is 63.1 Å². The van der Waals surface area contributed by atoms with Crippen LogP contribution >= 0.6 is 0 Å². The first-order valence-electron chi connectivity index (χ1n) is 11.3. The first kappa shape index (κ1) is 22.1. The van der Waals surface area contributed by atoms with Gasteiger partial charge in [0.2, 0.25) is 0 Å². The molecule has 1 unspecified atom stereocenters. The molecule has 0 amide bonds. The van der Waals surface area contributed by atoms with Crippen LogP contribution in [0.3, 0.4) is 0 Å². The van der Waals surface area contributed by atoms with Gasteiger partial charge in [-0.05, 0) is 44.0 Å². The lowest BCUT2D eigenvalue weighted by molar-refractivity contribution is -0.00831. The van der Waals surface area contributed by atoms with Gasteiger partial charge in [-0.15, -0.1) is 0 Å². The van der Waals surface area contributed by atoms with Gasteiger partial charge in [0.25, 0.3) is 0 Å². The summed E-state index contributed by atoms with van der Waals surface area (Å²) in [4.78, 5) is 12.0. The number of ether oxygens (including phenoxy) is 1. The zero-order chi connectivity index (χ0) is 20.5. The molecule has 0 aromatic heterocycles. The Morgan fingerprint density at radius 3 is 2.59 bits per heavy atom. The van der Waals surface area contributed by atoms with Crippen LogP contribution < -0.4 is 5.32 Å². The molecule has 162 valence electrons. The van der Waals surface area contributed by atoms with E-state index in [0.717, 1.165) is 32.2 Å². The SMILES string of the molecule is CCN1CCN(CCCCNC(=NC)N2CCOC(c3ccccc3C)C2)CC1. The van der Waals surface area contributed by atoms with Gasteiger partial charge in [-0.1, -0.05) is 31.2 Å². The number of hydrogen-bond acceptors (Lipinski definition) is 4. The third-order valence-electron chi connectivity index (χ3n) is 6.21. The number of aliphatic imine (C=N–C) groups is 1. The van der Waals surface area contributed by atoms with Gasteiger partial charge in [0.15, 0.2) is 5.96 Å². The Hall–Kier alpha value is -1.63. The molecule has 29 heavy (non-hydrogen) atoms. The molecule has 1 N–H and O–H groups in total. The molecule has 2 aliphatic heterocycles. The summed E-state index contributed by atoms with van der Waals surface area (Å²) in [5, 5.41) is 3.57. The van der Waals surface area contributed by atoms with Crippen LogP contribution in [0.5, 0.6) is 0 Å². The van der Waals surface area contributed by atoms with Crippen LogP contribution in [0.25, 0.3) is 0 Å². The fourth-order valence-electron chi connectivity index (χ4n) is 4.30.